The third-order valence-corrected chi connectivity index (χ3v) is 6.49. The predicted octanol–water partition coefficient (Wildman–Crippen LogP) is 5.68. The highest BCUT2D eigenvalue weighted by Crippen LogP contribution is 2.32. The van der Waals surface area contributed by atoms with Gasteiger partial charge in [-0.05, 0) is 60.9 Å². The number of nitrogens with one attached hydrogen (secondary N) is 2. The summed E-state index contributed by atoms with van der Waals surface area (Å²) >= 11 is 1.24. The fourth-order valence-electron chi connectivity index (χ4n) is 3.58. The molecule has 9 heteroatoms. The molecule has 3 aromatic rings. The molecule has 0 aliphatic carbocycles. The third-order valence-electron chi connectivity index (χ3n) is 5.42. The molecule has 0 fully saturated rings. The van der Waals surface area contributed by atoms with Crippen LogP contribution in [-0.4, -0.2) is 33.3 Å². The Morgan fingerprint density at radius 3 is 2.47 bits per heavy atom. The van der Waals surface area contributed by atoms with Gasteiger partial charge in [-0.1, -0.05) is 30.3 Å². The lowest BCUT2D eigenvalue weighted by atomic mass is 10.1. The lowest BCUT2D eigenvalue weighted by Crippen LogP contribution is -2.28. The smallest absolute Gasteiger partial charge is 0.264 e. The van der Waals surface area contributed by atoms with Crippen LogP contribution in [0.15, 0.2) is 77.3 Å². The SMILES string of the molecule is CCOc1ccccc1N/C(SCc1cccc(F)c1)=C(/C#N)C(=O)NCCc1ccc(OC)c(OC)c1. The minimum atomic E-state index is -0.517. The molecule has 0 aliphatic rings. The van der Waals surface area contributed by atoms with Gasteiger partial charge in [-0.2, -0.15) is 5.26 Å². The quantitative estimate of drug-likeness (QED) is 0.215. The summed E-state index contributed by atoms with van der Waals surface area (Å²) in [7, 11) is 3.13. The van der Waals surface area contributed by atoms with E-state index in [1.54, 1.807) is 44.6 Å². The highest BCUT2D eigenvalue weighted by atomic mass is 32.2. The Balaban J connectivity index is 1.81. The number of rotatable bonds is 13. The first-order valence-corrected chi connectivity index (χ1v) is 13.0. The van der Waals surface area contributed by atoms with E-state index >= 15 is 0 Å². The van der Waals surface area contributed by atoms with Crippen molar-refractivity contribution in [3.63, 3.8) is 0 Å². The van der Waals surface area contributed by atoms with Crippen molar-refractivity contribution in [1.29, 1.82) is 5.26 Å². The van der Waals surface area contributed by atoms with Crippen LogP contribution in [0.2, 0.25) is 0 Å². The van der Waals surface area contributed by atoms with E-state index in [1.807, 2.05) is 37.3 Å². The summed E-state index contributed by atoms with van der Waals surface area (Å²) < 4.78 is 30.0. The van der Waals surface area contributed by atoms with E-state index in [1.165, 1.54) is 23.9 Å². The van der Waals surface area contributed by atoms with Gasteiger partial charge >= 0.3 is 0 Å². The van der Waals surface area contributed by atoms with Crippen LogP contribution in [0, 0.1) is 17.1 Å². The van der Waals surface area contributed by atoms with Gasteiger partial charge in [0, 0.05) is 12.3 Å². The van der Waals surface area contributed by atoms with Crippen molar-refractivity contribution < 1.29 is 23.4 Å². The first kappa shape index (κ1) is 28.4. The van der Waals surface area contributed by atoms with Crippen molar-refractivity contribution >= 4 is 23.4 Å². The molecule has 0 saturated heterocycles. The van der Waals surface area contributed by atoms with Gasteiger partial charge in [-0.3, -0.25) is 4.79 Å². The number of methoxy groups -OCH3 is 2. The highest BCUT2D eigenvalue weighted by Gasteiger charge is 2.18. The van der Waals surface area contributed by atoms with Gasteiger partial charge in [0.25, 0.3) is 5.91 Å². The molecule has 0 spiro atoms. The third kappa shape index (κ3) is 7.92. The molecule has 2 N–H and O–H groups in total. The van der Waals surface area contributed by atoms with E-state index in [0.717, 1.165) is 11.1 Å². The Hall–Kier alpha value is -4.16. The van der Waals surface area contributed by atoms with Gasteiger partial charge in [0.2, 0.25) is 0 Å². The Kier molecular flexibility index (Phi) is 10.9. The van der Waals surface area contributed by atoms with Crippen molar-refractivity contribution in [3.8, 4) is 23.3 Å². The van der Waals surface area contributed by atoms with Crippen LogP contribution in [-0.2, 0) is 17.0 Å². The average molecular weight is 536 g/mol. The zero-order valence-corrected chi connectivity index (χ0v) is 22.4. The molecule has 0 heterocycles. The Labute approximate surface area is 226 Å². The maximum atomic E-state index is 13.7. The van der Waals surface area contributed by atoms with Crippen molar-refractivity contribution in [2.45, 2.75) is 19.1 Å². The van der Waals surface area contributed by atoms with Crippen LogP contribution in [0.4, 0.5) is 10.1 Å². The van der Waals surface area contributed by atoms with Crippen molar-refractivity contribution in [2.24, 2.45) is 0 Å². The number of carbonyl (C=O) groups is 1. The number of benzene rings is 3. The normalized spacial score (nSPS) is 11.1. The first-order valence-electron chi connectivity index (χ1n) is 12.0. The van der Waals surface area contributed by atoms with E-state index in [9.17, 15) is 14.4 Å². The van der Waals surface area contributed by atoms with Gasteiger partial charge in [0.1, 0.15) is 23.2 Å². The summed E-state index contributed by atoms with van der Waals surface area (Å²) in [5, 5.41) is 16.3. The first-order chi connectivity index (χ1) is 18.5. The highest BCUT2D eigenvalue weighted by molar-refractivity contribution is 8.02. The van der Waals surface area contributed by atoms with Crippen molar-refractivity contribution in [1.82, 2.24) is 5.32 Å². The number of halogens is 1. The Bertz CT molecular complexity index is 1320. The molecule has 1 amide bonds. The molecule has 0 saturated carbocycles. The number of nitrogens with zero attached hydrogens (tertiary/aromatic N) is 1. The molecular formula is C29H30FN3O4S. The Morgan fingerprint density at radius 1 is 0.974 bits per heavy atom. The van der Waals surface area contributed by atoms with E-state index in [0.29, 0.717) is 53.3 Å². The molecule has 198 valence electrons. The molecule has 0 bridgehead atoms. The van der Waals surface area contributed by atoms with Crippen LogP contribution in [0.5, 0.6) is 17.2 Å². The van der Waals surface area contributed by atoms with Crippen LogP contribution in [0.1, 0.15) is 18.1 Å². The number of carbonyl (C=O) groups excluding carboxylic acids is 1. The van der Waals surface area contributed by atoms with Gasteiger partial charge in [0.15, 0.2) is 11.5 Å². The maximum absolute atomic E-state index is 13.7. The maximum Gasteiger partial charge on any atom is 0.264 e. The van der Waals surface area contributed by atoms with E-state index in [2.05, 4.69) is 10.6 Å². The van der Waals surface area contributed by atoms with Crippen LogP contribution in [0.3, 0.4) is 0 Å². The van der Waals surface area contributed by atoms with Gasteiger partial charge in [0.05, 0.1) is 31.5 Å². The lowest BCUT2D eigenvalue weighted by Gasteiger charge is -2.16. The number of para-hydroxylation sites is 2. The van der Waals surface area contributed by atoms with E-state index < -0.39 is 5.91 Å². The number of hydrogen-bond donors (Lipinski definition) is 2. The zero-order valence-electron chi connectivity index (χ0n) is 21.5. The molecule has 0 atom stereocenters. The molecule has 0 aromatic heterocycles. The van der Waals surface area contributed by atoms with E-state index in [-0.39, 0.29) is 11.4 Å². The largest absolute Gasteiger partial charge is 0.493 e. The number of hydrogen-bond acceptors (Lipinski definition) is 7. The number of thioether (sulfide) groups is 1. The van der Waals surface area contributed by atoms with Crippen molar-refractivity contribution in [3.05, 3.63) is 94.3 Å². The second kappa shape index (κ2) is 14.5. The summed E-state index contributed by atoms with van der Waals surface area (Å²) in [6, 6.07) is 21.1. The van der Waals surface area contributed by atoms with Gasteiger partial charge in [-0.15, -0.1) is 11.8 Å². The van der Waals surface area contributed by atoms with Crippen molar-refractivity contribution in [2.75, 3.05) is 32.7 Å². The molecule has 0 radical (unpaired) electrons. The fourth-order valence-corrected chi connectivity index (χ4v) is 4.53. The van der Waals surface area contributed by atoms with Crippen LogP contribution < -0.4 is 24.8 Å². The van der Waals surface area contributed by atoms with Crippen LogP contribution in [0.25, 0.3) is 0 Å². The number of amides is 1. The second-order valence-corrected chi connectivity index (χ2v) is 8.97. The molecular weight excluding hydrogens is 505 g/mol. The molecule has 7 nitrogen and oxygen atoms in total. The van der Waals surface area contributed by atoms with E-state index in [4.69, 9.17) is 14.2 Å². The van der Waals surface area contributed by atoms with Gasteiger partial charge < -0.3 is 24.8 Å². The second-order valence-electron chi connectivity index (χ2n) is 7.98. The van der Waals surface area contributed by atoms with Crippen LogP contribution >= 0.6 is 11.8 Å². The minimum Gasteiger partial charge on any atom is -0.493 e. The standard InChI is InChI=1S/C29H30FN3O4S/c1-4-37-25-11-6-5-10-24(25)33-29(38-19-21-8-7-9-22(30)16-21)23(18-31)28(34)32-15-14-20-12-13-26(35-2)27(17-20)36-3/h5-13,16-17,33H,4,14-15,19H2,1-3H3,(H,32,34)/b29-23+. The number of nitriles is 1. The predicted molar refractivity (Wildman–Crippen MR) is 148 cm³/mol. The number of ether oxygens (including phenoxy) is 3. The summed E-state index contributed by atoms with van der Waals surface area (Å²) in [5.74, 6) is 1.29. The molecule has 0 aliphatic heterocycles. The average Bonchev–Trinajstić information content (AvgIpc) is 2.93. The number of anilines is 1. The lowest BCUT2D eigenvalue weighted by molar-refractivity contribution is -0.117. The fraction of sp³-hybridized carbons (Fsp3) is 0.241. The summed E-state index contributed by atoms with van der Waals surface area (Å²) in [5.41, 5.74) is 2.19. The minimum absolute atomic E-state index is 0.0787. The topological polar surface area (TPSA) is 92.6 Å². The molecule has 3 rings (SSSR count). The Morgan fingerprint density at radius 2 is 1.76 bits per heavy atom. The zero-order chi connectivity index (χ0) is 27.3. The molecule has 0 unspecified atom stereocenters. The summed E-state index contributed by atoms with van der Waals surface area (Å²) in [4.78, 5) is 13.1. The molecule has 3 aromatic carbocycles. The molecule has 38 heavy (non-hydrogen) atoms. The van der Waals surface area contributed by atoms with Gasteiger partial charge in [-0.25, -0.2) is 4.39 Å². The summed E-state index contributed by atoms with van der Waals surface area (Å²) in [6.07, 6.45) is 0.525. The monoisotopic (exact) mass is 535 g/mol. The summed E-state index contributed by atoms with van der Waals surface area (Å²) in [6.45, 7) is 2.63.